The second-order valence-corrected chi connectivity index (χ2v) is 6.03. The highest BCUT2D eigenvalue weighted by Crippen LogP contribution is 2.04. The molecule has 0 saturated carbocycles. The lowest BCUT2D eigenvalue weighted by molar-refractivity contribution is -0.137. The molecule has 0 bridgehead atoms. The van der Waals surface area contributed by atoms with Crippen LogP contribution < -0.4 is 0 Å². The first-order valence-corrected chi connectivity index (χ1v) is 8.19. The number of carboxylic acids is 1. The Balaban J connectivity index is -0.000000252. The van der Waals surface area contributed by atoms with Gasteiger partial charge in [0.05, 0.1) is 5.60 Å². The molecule has 3 nitrogen and oxygen atoms in total. The summed E-state index contributed by atoms with van der Waals surface area (Å²) < 4.78 is 0. The molecule has 0 aliphatic carbocycles. The van der Waals surface area contributed by atoms with Gasteiger partial charge in [0, 0.05) is 6.42 Å². The summed E-state index contributed by atoms with van der Waals surface area (Å²) in [6.07, 6.45) is 7.82. The summed E-state index contributed by atoms with van der Waals surface area (Å²) in [5, 5.41) is 17.1. The summed E-state index contributed by atoms with van der Waals surface area (Å²) in [6.45, 7) is 15.5. The summed E-state index contributed by atoms with van der Waals surface area (Å²) >= 11 is 0. The minimum atomic E-state index is -0.670. The topological polar surface area (TPSA) is 57.5 Å². The maximum absolute atomic E-state index is 10.0. The highest BCUT2D eigenvalue weighted by molar-refractivity contribution is 5.66. The van der Waals surface area contributed by atoms with E-state index in [1.54, 1.807) is 13.8 Å². The fourth-order valence-electron chi connectivity index (χ4n) is 0.880. The van der Waals surface area contributed by atoms with E-state index in [-0.39, 0.29) is 0 Å². The van der Waals surface area contributed by atoms with Gasteiger partial charge in [-0.25, -0.2) is 0 Å². The standard InChI is InChI=1S/C8H16O2.C5H12O.C5H10/c1-2-3-4-5-6-7-8(9)10;1-4-5(2,3)6;1-4-5(2)3/h2-7H2,1H3,(H,9,10);6H,4H2,1-3H3;2,4H2,1,3H3. The molecule has 0 atom stereocenters. The predicted octanol–water partition coefficient (Wildman–Crippen LogP) is 5.57. The van der Waals surface area contributed by atoms with Gasteiger partial charge in [0.25, 0.3) is 0 Å². The zero-order valence-electron chi connectivity index (χ0n) is 15.2. The largest absolute Gasteiger partial charge is 0.481 e. The van der Waals surface area contributed by atoms with Crippen molar-refractivity contribution in [3.8, 4) is 0 Å². The molecule has 21 heavy (non-hydrogen) atoms. The van der Waals surface area contributed by atoms with Crippen LogP contribution in [-0.2, 0) is 4.79 Å². The Bertz CT molecular complexity index is 239. The van der Waals surface area contributed by atoms with Gasteiger partial charge in [-0.2, -0.15) is 0 Å². The summed E-state index contributed by atoms with van der Waals surface area (Å²) in [6, 6.07) is 0. The molecule has 0 radical (unpaired) electrons. The van der Waals surface area contributed by atoms with Crippen molar-refractivity contribution < 1.29 is 15.0 Å². The molecule has 0 amide bonds. The Kier molecular flexibility index (Phi) is 20.6. The second-order valence-electron chi connectivity index (χ2n) is 6.03. The number of allylic oxidation sites excluding steroid dienone is 1. The Morgan fingerprint density at radius 3 is 1.67 bits per heavy atom. The lowest BCUT2D eigenvalue weighted by Crippen LogP contribution is -2.15. The van der Waals surface area contributed by atoms with Crippen molar-refractivity contribution in [2.45, 2.75) is 98.5 Å². The van der Waals surface area contributed by atoms with E-state index in [1.807, 2.05) is 13.8 Å². The lowest BCUT2D eigenvalue weighted by atomic mass is 10.1. The van der Waals surface area contributed by atoms with Gasteiger partial charge < -0.3 is 10.2 Å². The van der Waals surface area contributed by atoms with Crippen LogP contribution in [0.5, 0.6) is 0 Å². The number of carboxylic acid groups (broad SMARTS) is 1. The van der Waals surface area contributed by atoms with Gasteiger partial charge in [-0.05, 0) is 40.0 Å². The minimum Gasteiger partial charge on any atom is -0.481 e. The summed E-state index contributed by atoms with van der Waals surface area (Å²) in [4.78, 5) is 10.0. The number of unbranched alkanes of at least 4 members (excludes halogenated alkanes) is 4. The first-order chi connectivity index (χ1) is 9.60. The quantitative estimate of drug-likeness (QED) is 0.455. The second kappa shape index (κ2) is 17.2. The van der Waals surface area contributed by atoms with Gasteiger partial charge in [0.15, 0.2) is 0 Å². The average molecular weight is 302 g/mol. The van der Waals surface area contributed by atoms with Crippen LogP contribution in [0.3, 0.4) is 0 Å². The molecule has 0 aromatic rings. The number of aliphatic carboxylic acids is 1. The minimum absolute atomic E-state index is 0.337. The average Bonchev–Trinajstić information content (AvgIpc) is 2.38. The van der Waals surface area contributed by atoms with Crippen LogP contribution in [0.25, 0.3) is 0 Å². The number of hydrogen-bond acceptors (Lipinski definition) is 2. The Morgan fingerprint density at radius 1 is 1.05 bits per heavy atom. The maximum atomic E-state index is 10.0. The van der Waals surface area contributed by atoms with Gasteiger partial charge in [0.1, 0.15) is 0 Å². The molecule has 0 aliphatic heterocycles. The van der Waals surface area contributed by atoms with Crippen molar-refractivity contribution in [3.05, 3.63) is 12.2 Å². The van der Waals surface area contributed by atoms with Crippen molar-refractivity contribution in [2.24, 2.45) is 0 Å². The Hall–Kier alpha value is -0.830. The molecule has 0 aromatic heterocycles. The summed E-state index contributed by atoms with van der Waals surface area (Å²) in [5.74, 6) is -0.670. The van der Waals surface area contributed by atoms with E-state index in [0.717, 1.165) is 25.7 Å². The Labute approximate surface area is 132 Å². The lowest BCUT2D eigenvalue weighted by Gasteiger charge is -2.11. The van der Waals surface area contributed by atoms with E-state index in [4.69, 9.17) is 10.2 Å². The molecule has 0 fully saturated rings. The predicted molar refractivity (Wildman–Crippen MR) is 92.7 cm³/mol. The smallest absolute Gasteiger partial charge is 0.303 e. The molecule has 0 aliphatic rings. The zero-order chi connectivity index (χ0) is 17.3. The van der Waals surface area contributed by atoms with Crippen LogP contribution in [0.2, 0.25) is 0 Å². The van der Waals surface area contributed by atoms with Gasteiger partial charge in [-0.15, -0.1) is 6.58 Å². The number of hydrogen-bond donors (Lipinski definition) is 2. The molecular formula is C18H38O3. The molecule has 0 rings (SSSR count). The zero-order valence-corrected chi connectivity index (χ0v) is 15.2. The van der Waals surface area contributed by atoms with E-state index >= 15 is 0 Å². The molecule has 0 unspecified atom stereocenters. The maximum Gasteiger partial charge on any atom is 0.303 e. The van der Waals surface area contributed by atoms with E-state index in [0.29, 0.717) is 6.42 Å². The fraction of sp³-hybridized carbons (Fsp3) is 0.833. The first-order valence-electron chi connectivity index (χ1n) is 8.19. The van der Waals surface area contributed by atoms with E-state index in [1.165, 1.54) is 24.8 Å². The van der Waals surface area contributed by atoms with Crippen LogP contribution in [0.4, 0.5) is 0 Å². The van der Waals surface area contributed by atoms with Gasteiger partial charge in [-0.3, -0.25) is 4.79 Å². The SMILES string of the molecule is C=C(C)CC.CCC(C)(C)O.CCCCCCCC(=O)O. The first kappa shape index (κ1) is 25.1. The highest BCUT2D eigenvalue weighted by Gasteiger charge is 2.05. The van der Waals surface area contributed by atoms with Crippen LogP contribution in [0.15, 0.2) is 12.2 Å². The summed E-state index contributed by atoms with van der Waals surface area (Å²) in [5.41, 5.74) is 0.796. The van der Waals surface area contributed by atoms with Gasteiger partial charge >= 0.3 is 5.97 Å². The summed E-state index contributed by atoms with van der Waals surface area (Å²) in [7, 11) is 0. The third-order valence-electron chi connectivity index (χ3n) is 2.96. The van der Waals surface area contributed by atoms with Gasteiger partial charge in [0.2, 0.25) is 0 Å². The van der Waals surface area contributed by atoms with E-state index in [9.17, 15) is 4.79 Å². The number of rotatable bonds is 8. The van der Waals surface area contributed by atoms with Crippen molar-refractivity contribution in [1.29, 1.82) is 0 Å². The highest BCUT2D eigenvalue weighted by atomic mass is 16.4. The molecule has 0 heterocycles. The molecule has 3 heteroatoms. The van der Waals surface area contributed by atoms with E-state index in [2.05, 4.69) is 20.4 Å². The molecule has 128 valence electrons. The van der Waals surface area contributed by atoms with Crippen molar-refractivity contribution in [2.75, 3.05) is 0 Å². The van der Waals surface area contributed by atoms with Gasteiger partial charge in [-0.1, -0.05) is 52.0 Å². The fourth-order valence-corrected chi connectivity index (χ4v) is 0.880. The van der Waals surface area contributed by atoms with Crippen LogP contribution in [-0.4, -0.2) is 21.8 Å². The molecule has 0 spiro atoms. The van der Waals surface area contributed by atoms with Crippen LogP contribution >= 0.6 is 0 Å². The van der Waals surface area contributed by atoms with Crippen molar-refractivity contribution in [3.63, 3.8) is 0 Å². The monoisotopic (exact) mass is 302 g/mol. The van der Waals surface area contributed by atoms with Crippen molar-refractivity contribution >= 4 is 5.97 Å². The Morgan fingerprint density at radius 2 is 1.43 bits per heavy atom. The van der Waals surface area contributed by atoms with Crippen LogP contribution in [0, 0.1) is 0 Å². The molecular weight excluding hydrogens is 264 g/mol. The number of carbonyl (C=O) groups is 1. The molecule has 2 N–H and O–H groups in total. The third-order valence-corrected chi connectivity index (χ3v) is 2.96. The third kappa shape index (κ3) is 45.3. The van der Waals surface area contributed by atoms with Crippen molar-refractivity contribution in [1.82, 2.24) is 0 Å². The van der Waals surface area contributed by atoms with E-state index < -0.39 is 11.6 Å². The molecule has 0 aromatic carbocycles. The van der Waals surface area contributed by atoms with Crippen LogP contribution in [0.1, 0.15) is 92.9 Å². The molecule has 0 saturated heterocycles. The normalized spacial score (nSPS) is 9.86. The number of aliphatic hydroxyl groups is 1.